The third-order valence-corrected chi connectivity index (χ3v) is 12.1. The molecular weight excluding hydrogens is 813 g/mol. The molecule has 0 spiro atoms. The number of nitrogens with one attached hydrogen (secondary N) is 3. The van der Waals surface area contributed by atoms with Gasteiger partial charge in [-0.15, -0.1) is 0 Å². The Hall–Kier alpha value is -6.60. The molecule has 330 valence electrons. The third-order valence-electron chi connectivity index (χ3n) is 12.1. The number of hydrogen-bond donors (Lipinski definition) is 3. The first-order valence-corrected chi connectivity index (χ1v) is 21.4. The lowest BCUT2D eigenvalue weighted by molar-refractivity contribution is -0.136. The van der Waals surface area contributed by atoms with E-state index >= 15 is 0 Å². The molecule has 4 aliphatic rings. The van der Waals surface area contributed by atoms with Crippen molar-refractivity contribution in [2.45, 2.75) is 70.9 Å². The van der Waals surface area contributed by atoms with Gasteiger partial charge in [0.05, 0.1) is 61.4 Å². The minimum Gasteiger partial charge on any atom is -0.382 e. The molecule has 0 radical (unpaired) electrons. The number of aryl methyl sites for hydroxylation is 1. The molecule has 3 aliphatic heterocycles. The number of imide groups is 2. The number of piperidine rings is 1. The SMILES string of the molecule is CC(=O)c1c(C)c2cnc(Nc3ccc(N4CCN(C(=O)CCOCCOCCNc5cccc6c5C(=O)N(C5CCC(=O)NC5=O)C6=O)CC4)cn3)nc2n(C2CCCC2)c1=O. The van der Waals surface area contributed by atoms with Gasteiger partial charge < -0.3 is 29.9 Å². The Kier molecular flexibility index (Phi) is 12.8. The first kappa shape index (κ1) is 43.1. The van der Waals surface area contributed by atoms with Gasteiger partial charge in [-0.25, -0.2) is 9.97 Å². The van der Waals surface area contributed by atoms with Crippen molar-refractivity contribution in [3.05, 3.63) is 75.3 Å². The molecule has 1 atom stereocenters. The number of carbonyl (C=O) groups excluding carboxylic acids is 6. The van der Waals surface area contributed by atoms with Gasteiger partial charge in [0.15, 0.2) is 5.78 Å². The van der Waals surface area contributed by atoms with Gasteiger partial charge in [-0.3, -0.25) is 48.3 Å². The second-order valence-electron chi connectivity index (χ2n) is 16.1. The van der Waals surface area contributed by atoms with E-state index in [9.17, 15) is 33.6 Å². The average Bonchev–Trinajstić information content (AvgIpc) is 3.89. The van der Waals surface area contributed by atoms with E-state index in [1.165, 1.54) is 6.92 Å². The summed E-state index contributed by atoms with van der Waals surface area (Å²) in [5, 5.41) is 9.18. The van der Waals surface area contributed by atoms with Crippen molar-refractivity contribution >= 4 is 69.5 Å². The molecule has 1 saturated carbocycles. The van der Waals surface area contributed by atoms with Crippen molar-refractivity contribution in [1.82, 2.24) is 34.6 Å². The standard InChI is InChI=1S/C44H50N10O9/c1-26-31-25-47-44(50-39(31)53(28-6-3-4-7-28)42(60)37(26)27(2)55)48-34-12-10-29(24-46-34)51-16-18-52(19-17-51)36(57)14-20-62-22-23-63-21-15-45-32-9-5-8-30-38(32)43(61)54(41(30)59)33-11-13-35(56)49-40(33)58/h5,8-10,12,24-25,28,33,45H,3-4,6-7,11,13-23H2,1-2H3,(H,49,56,58)(H,46,47,48,50). The third kappa shape index (κ3) is 9.01. The number of pyridine rings is 2. The number of fused-ring (bicyclic) bond motifs is 2. The number of rotatable bonds is 16. The van der Waals surface area contributed by atoms with Crippen molar-refractivity contribution < 1.29 is 38.2 Å². The Bertz CT molecular complexity index is 2510. The summed E-state index contributed by atoms with van der Waals surface area (Å²) in [7, 11) is 0. The number of nitrogens with zero attached hydrogens (tertiary/aromatic N) is 7. The number of ether oxygens (including phenoxy) is 2. The second-order valence-corrected chi connectivity index (χ2v) is 16.1. The Morgan fingerprint density at radius 1 is 0.873 bits per heavy atom. The molecule has 3 N–H and O–H groups in total. The fourth-order valence-electron chi connectivity index (χ4n) is 8.84. The fourth-order valence-corrected chi connectivity index (χ4v) is 8.84. The number of ketones is 1. The minimum absolute atomic E-state index is 0.0125. The summed E-state index contributed by atoms with van der Waals surface area (Å²) >= 11 is 0. The summed E-state index contributed by atoms with van der Waals surface area (Å²) in [4.78, 5) is 108. The normalized spacial score (nSPS) is 18.0. The van der Waals surface area contributed by atoms with Crippen molar-refractivity contribution in [3.63, 3.8) is 0 Å². The van der Waals surface area contributed by atoms with Gasteiger partial charge in [-0.1, -0.05) is 18.9 Å². The molecule has 3 aromatic heterocycles. The van der Waals surface area contributed by atoms with E-state index in [4.69, 9.17) is 14.5 Å². The predicted octanol–water partition coefficient (Wildman–Crippen LogP) is 3.14. The Morgan fingerprint density at radius 2 is 1.63 bits per heavy atom. The van der Waals surface area contributed by atoms with Gasteiger partial charge in [-0.2, -0.15) is 4.98 Å². The second kappa shape index (κ2) is 18.8. The van der Waals surface area contributed by atoms with Gasteiger partial charge in [0.2, 0.25) is 23.7 Å². The van der Waals surface area contributed by atoms with E-state index in [1.54, 1.807) is 42.1 Å². The highest BCUT2D eigenvalue weighted by atomic mass is 16.5. The van der Waals surface area contributed by atoms with Gasteiger partial charge in [0.1, 0.15) is 17.5 Å². The summed E-state index contributed by atoms with van der Waals surface area (Å²) in [5.41, 5.74) is 2.74. The van der Waals surface area contributed by atoms with Crippen LogP contribution in [0.2, 0.25) is 0 Å². The highest BCUT2D eigenvalue weighted by Gasteiger charge is 2.45. The summed E-state index contributed by atoms with van der Waals surface area (Å²) in [6.45, 7) is 7.08. The molecule has 8 rings (SSSR count). The van der Waals surface area contributed by atoms with Crippen LogP contribution in [0.5, 0.6) is 0 Å². The van der Waals surface area contributed by atoms with Crippen molar-refractivity contribution in [1.29, 1.82) is 0 Å². The number of anilines is 4. The molecule has 4 aromatic rings. The molecule has 19 heteroatoms. The number of piperazine rings is 1. The van der Waals surface area contributed by atoms with Crippen LogP contribution in [0.3, 0.4) is 0 Å². The van der Waals surface area contributed by atoms with E-state index in [0.717, 1.165) is 36.3 Å². The highest BCUT2D eigenvalue weighted by Crippen LogP contribution is 2.34. The molecule has 1 unspecified atom stereocenters. The lowest BCUT2D eigenvalue weighted by atomic mass is 10.0. The maximum atomic E-state index is 13.6. The van der Waals surface area contributed by atoms with E-state index in [-0.39, 0.29) is 72.5 Å². The Balaban J connectivity index is 0.737. The van der Waals surface area contributed by atoms with Gasteiger partial charge >= 0.3 is 0 Å². The number of carbonyl (C=O) groups is 6. The molecule has 19 nitrogen and oxygen atoms in total. The van der Waals surface area contributed by atoms with E-state index < -0.39 is 29.7 Å². The van der Waals surface area contributed by atoms with Gasteiger partial charge in [0.25, 0.3) is 17.4 Å². The predicted molar refractivity (Wildman–Crippen MR) is 230 cm³/mol. The van der Waals surface area contributed by atoms with Crippen molar-refractivity contribution in [2.75, 3.05) is 74.7 Å². The monoisotopic (exact) mass is 862 g/mol. The maximum Gasteiger partial charge on any atom is 0.264 e. The zero-order valence-electron chi connectivity index (χ0n) is 35.3. The molecule has 1 aromatic carbocycles. The number of hydrogen-bond acceptors (Lipinski definition) is 15. The summed E-state index contributed by atoms with van der Waals surface area (Å²) in [6, 6.07) is 7.62. The molecule has 5 amide bonds. The van der Waals surface area contributed by atoms with Crippen LogP contribution >= 0.6 is 0 Å². The van der Waals surface area contributed by atoms with E-state index in [2.05, 4.69) is 30.8 Å². The Morgan fingerprint density at radius 3 is 2.35 bits per heavy atom. The summed E-state index contributed by atoms with van der Waals surface area (Å²) in [6.07, 6.45) is 7.56. The van der Waals surface area contributed by atoms with Crippen molar-refractivity contribution in [2.24, 2.45) is 0 Å². The van der Waals surface area contributed by atoms with Crippen LogP contribution in [-0.4, -0.2) is 130 Å². The topological polar surface area (TPSA) is 227 Å². The molecule has 63 heavy (non-hydrogen) atoms. The lowest BCUT2D eigenvalue weighted by Crippen LogP contribution is -2.54. The van der Waals surface area contributed by atoms with Crippen LogP contribution in [0.15, 0.2) is 47.5 Å². The zero-order valence-corrected chi connectivity index (χ0v) is 35.3. The Labute approximate surface area is 362 Å². The number of aromatic nitrogens is 4. The fraction of sp³-hybridized carbons (Fsp3) is 0.455. The van der Waals surface area contributed by atoms with Crippen molar-refractivity contribution in [3.8, 4) is 0 Å². The summed E-state index contributed by atoms with van der Waals surface area (Å²) < 4.78 is 13.0. The molecule has 1 aliphatic carbocycles. The van der Waals surface area contributed by atoms with Gasteiger partial charge in [-0.05, 0) is 62.9 Å². The van der Waals surface area contributed by atoms with Crippen LogP contribution in [0.1, 0.15) is 94.5 Å². The van der Waals surface area contributed by atoms with E-state index in [1.807, 2.05) is 17.0 Å². The van der Waals surface area contributed by atoms with Gasteiger partial charge in [0, 0.05) is 62.5 Å². The quantitative estimate of drug-likeness (QED) is 0.0836. The molecular formula is C44H50N10O9. The minimum atomic E-state index is -1.03. The zero-order chi connectivity index (χ0) is 44.2. The highest BCUT2D eigenvalue weighted by molar-refractivity contribution is 6.25. The van der Waals surface area contributed by atoms with Crippen LogP contribution in [0.25, 0.3) is 11.0 Å². The first-order chi connectivity index (χ1) is 30.5. The summed E-state index contributed by atoms with van der Waals surface area (Å²) in [5.74, 6) is -1.65. The molecule has 6 heterocycles. The van der Waals surface area contributed by atoms with Crippen LogP contribution < -0.4 is 26.4 Å². The molecule has 3 fully saturated rings. The first-order valence-electron chi connectivity index (χ1n) is 21.4. The lowest BCUT2D eigenvalue weighted by Gasteiger charge is -2.36. The number of Topliss-reactive ketones (excluding diaryl/α,β-unsaturated/α-hetero) is 1. The van der Waals surface area contributed by atoms with Crippen LogP contribution in [0, 0.1) is 6.92 Å². The largest absolute Gasteiger partial charge is 0.382 e. The average molecular weight is 863 g/mol. The van der Waals surface area contributed by atoms with E-state index in [0.29, 0.717) is 80.0 Å². The van der Waals surface area contributed by atoms with Crippen LogP contribution in [-0.2, 0) is 23.9 Å². The molecule has 0 bridgehead atoms. The maximum absolute atomic E-state index is 13.6. The molecule has 2 saturated heterocycles. The number of benzene rings is 1. The van der Waals surface area contributed by atoms with Crippen LogP contribution in [0.4, 0.5) is 23.1 Å². The number of amides is 5. The smallest absolute Gasteiger partial charge is 0.264 e.